The summed E-state index contributed by atoms with van der Waals surface area (Å²) in [5.74, 6) is -2.33. The van der Waals surface area contributed by atoms with Gasteiger partial charge in [0.05, 0.1) is 12.5 Å². The minimum absolute atomic E-state index is 0.0364. The molecule has 1 heterocycles. The van der Waals surface area contributed by atoms with E-state index in [2.05, 4.69) is 16.0 Å². The molecule has 0 radical (unpaired) electrons. The molecule has 0 saturated heterocycles. The van der Waals surface area contributed by atoms with Crippen molar-refractivity contribution in [2.24, 2.45) is 0 Å². The van der Waals surface area contributed by atoms with Crippen LogP contribution in [0, 0.1) is 5.82 Å². The normalized spacial score (nSPS) is 17.0. The maximum Gasteiger partial charge on any atom is 0.239 e. The van der Waals surface area contributed by atoms with E-state index < -0.39 is 23.2 Å². The molecule has 0 bridgehead atoms. The number of amides is 3. The van der Waals surface area contributed by atoms with Gasteiger partial charge in [-0.05, 0) is 38.5 Å². The third kappa shape index (κ3) is 4.51. The van der Waals surface area contributed by atoms with Crippen LogP contribution in [-0.4, -0.2) is 29.8 Å². The summed E-state index contributed by atoms with van der Waals surface area (Å²) in [6.45, 7) is 5.33. The lowest BCUT2D eigenvalue weighted by molar-refractivity contribution is -0.129. The molecule has 1 aromatic rings. The van der Waals surface area contributed by atoms with Gasteiger partial charge < -0.3 is 16.0 Å². The molecule has 2 rings (SSSR count). The van der Waals surface area contributed by atoms with Crippen molar-refractivity contribution >= 4 is 23.4 Å². The first-order valence-electron chi connectivity index (χ1n) is 7.34. The molecule has 0 unspecified atom stereocenters. The van der Waals surface area contributed by atoms with E-state index in [0.717, 1.165) is 0 Å². The Morgan fingerprint density at radius 1 is 1.35 bits per heavy atom. The molecule has 0 spiro atoms. The van der Waals surface area contributed by atoms with Crippen molar-refractivity contribution in [3.05, 3.63) is 29.6 Å². The average Bonchev–Trinajstić information content (AvgIpc) is 2.41. The summed E-state index contributed by atoms with van der Waals surface area (Å²) in [5, 5.41) is 7.80. The Labute approximate surface area is 133 Å². The van der Waals surface area contributed by atoms with E-state index in [0.29, 0.717) is 11.3 Å². The number of anilines is 1. The van der Waals surface area contributed by atoms with Gasteiger partial charge in [-0.25, -0.2) is 4.39 Å². The number of carbonyl (C=O) groups is 3. The van der Waals surface area contributed by atoms with Gasteiger partial charge in [-0.1, -0.05) is 6.07 Å². The SMILES string of the molecule is CC(C)(C)NC(=O)CNC(=O)[C@@H]1CC(=O)Nc2cc(F)ccc21. The van der Waals surface area contributed by atoms with Crippen molar-refractivity contribution in [2.45, 2.75) is 38.6 Å². The fraction of sp³-hybridized carbons (Fsp3) is 0.438. The summed E-state index contributed by atoms with van der Waals surface area (Å²) < 4.78 is 13.3. The number of halogens is 1. The molecule has 7 heteroatoms. The van der Waals surface area contributed by atoms with Crippen molar-refractivity contribution in [1.82, 2.24) is 10.6 Å². The van der Waals surface area contributed by atoms with E-state index in [-0.39, 0.29) is 24.8 Å². The number of rotatable bonds is 3. The lowest BCUT2D eigenvalue weighted by Gasteiger charge is -2.25. The van der Waals surface area contributed by atoms with Gasteiger partial charge in [0, 0.05) is 17.6 Å². The molecular formula is C16H20FN3O3. The standard InChI is InChI=1S/C16H20FN3O3/c1-16(2,3)20-14(22)8-18-15(23)11-7-13(21)19-12-6-9(17)4-5-10(11)12/h4-6,11H,7-8H2,1-3H3,(H,18,23)(H,19,21)(H,20,22)/t11-/m1/s1. The Balaban J connectivity index is 2.06. The van der Waals surface area contributed by atoms with E-state index >= 15 is 0 Å². The number of hydrogen-bond acceptors (Lipinski definition) is 3. The molecule has 1 aliphatic heterocycles. The first-order chi connectivity index (χ1) is 10.7. The van der Waals surface area contributed by atoms with E-state index in [4.69, 9.17) is 0 Å². The number of hydrogen-bond donors (Lipinski definition) is 3. The molecular weight excluding hydrogens is 301 g/mol. The minimum atomic E-state index is -0.734. The van der Waals surface area contributed by atoms with Crippen molar-refractivity contribution in [2.75, 3.05) is 11.9 Å². The van der Waals surface area contributed by atoms with Crippen LogP contribution in [0.4, 0.5) is 10.1 Å². The maximum atomic E-state index is 13.3. The summed E-state index contributed by atoms with van der Waals surface area (Å²) in [6, 6.07) is 3.89. The van der Waals surface area contributed by atoms with Crippen molar-refractivity contribution < 1.29 is 18.8 Å². The largest absolute Gasteiger partial charge is 0.350 e. The molecule has 3 amide bonds. The predicted octanol–water partition coefficient (Wildman–Crippen LogP) is 1.28. The smallest absolute Gasteiger partial charge is 0.239 e. The van der Waals surface area contributed by atoms with Crippen molar-refractivity contribution in [3.63, 3.8) is 0 Å². The Kier molecular flexibility index (Phi) is 4.68. The zero-order valence-electron chi connectivity index (χ0n) is 13.3. The second-order valence-electron chi connectivity index (χ2n) is 6.55. The second-order valence-corrected chi connectivity index (χ2v) is 6.55. The van der Waals surface area contributed by atoms with Crippen LogP contribution < -0.4 is 16.0 Å². The van der Waals surface area contributed by atoms with Crippen molar-refractivity contribution in [3.8, 4) is 0 Å². The van der Waals surface area contributed by atoms with Crippen LogP contribution in [0.1, 0.15) is 38.7 Å². The topological polar surface area (TPSA) is 87.3 Å². The fourth-order valence-electron chi connectivity index (χ4n) is 2.42. The third-order valence-corrected chi connectivity index (χ3v) is 3.31. The van der Waals surface area contributed by atoms with E-state index in [1.54, 1.807) is 0 Å². The Morgan fingerprint density at radius 3 is 2.70 bits per heavy atom. The Hall–Kier alpha value is -2.44. The van der Waals surface area contributed by atoms with E-state index in [9.17, 15) is 18.8 Å². The van der Waals surface area contributed by atoms with E-state index in [1.165, 1.54) is 18.2 Å². The van der Waals surface area contributed by atoms with Gasteiger partial charge >= 0.3 is 0 Å². The predicted molar refractivity (Wildman–Crippen MR) is 83.3 cm³/mol. The number of benzene rings is 1. The fourth-order valence-corrected chi connectivity index (χ4v) is 2.42. The Morgan fingerprint density at radius 2 is 2.04 bits per heavy atom. The molecule has 1 aromatic carbocycles. The molecule has 0 aliphatic carbocycles. The van der Waals surface area contributed by atoms with Crippen LogP contribution in [0.3, 0.4) is 0 Å². The highest BCUT2D eigenvalue weighted by atomic mass is 19.1. The quantitative estimate of drug-likeness (QED) is 0.784. The number of carbonyl (C=O) groups excluding carboxylic acids is 3. The first-order valence-corrected chi connectivity index (χ1v) is 7.34. The summed E-state index contributed by atoms with van der Waals surface area (Å²) >= 11 is 0. The lowest BCUT2D eigenvalue weighted by atomic mass is 9.89. The van der Waals surface area contributed by atoms with Crippen LogP contribution in [0.5, 0.6) is 0 Å². The van der Waals surface area contributed by atoms with Crippen LogP contribution >= 0.6 is 0 Å². The highest BCUT2D eigenvalue weighted by Gasteiger charge is 2.31. The van der Waals surface area contributed by atoms with Crippen LogP contribution in [0.15, 0.2) is 18.2 Å². The van der Waals surface area contributed by atoms with Gasteiger partial charge in [0.15, 0.2) is 0 Å². The summed E-state index contributed by atoms with van der Waals surface area (Å²) in [7, 11) is 0. The van der Waals surface area contributed by atoms with E-state index in [1.807, 2.05) is 20.8 Å². The summed E-state index contributed by atoms with van der Waals surface area (Å²) in [4.78, 5) is 35.7. The molecule has 1 aliphatic rings. The maximum absolute atomic E-state index is 13.3. The number of nitrogens with one attached hydrogen (secondary N) is 3. The molecule has 0 fully saturated rings. The lowest BCUT2D eigenvalue weighted by Crippen LogP contribution is -2.47. The van der Waals surface area contributed by atoms with Gasteiger partial charge in [0.25, 0.3) is 0 Å². The molecule has 0 aromatic heterocycles. The summed E-state index contributed by atoms with van der Waals surface area (Å²) in [5.41, 5.74) is 0.441. The van der Waals surface area contributed by atoms with Crippen LogP contribution in [0.25, 0.3) is 0 Å². The first kappa shape index (κ1) is 16.9. The highest BCUT2D eigenvalue weighted by molar-refractivity contribution is 6.01. The van der Waals surface area contributed by atoms with Gasteiger partial charge in [-0.15, -0.1) is 0 Å². The van der Waals surface area contributed by atoms with Gasteiger partial charge in [-0.3, -0.25) is 14.4 Å². The minimum Gasteiger partial charge on any atom is -0.350 e. The molecule has 23 heavy (non-hydrogen) atoms. The van der Waals surface area contributed by atoms with Crippen LogP contribution in [-0.2, 0) is 14.4 Å². The zero-order chi connectivity index (χ0) is 17.2. The van der Waals surface area contributed by atoms with Gasteiger partial charge in [0.2, 0.25) is 17.7 Å². The average molecular weight is 321 g/mol. The highest BCUT2D eigenvalue weighted by Crippen LogP contribution is 2.32. The third-order valence-electron chi connectivity index (χ3n) is 3.31. The Bertz CT molecular complexity index is 652. The zero-order valence-corrected chi connectivity index (χ0v) is 13.3. The monoisotopic (exact) mass is 321 g/mol. The van der Waals surface area contributed by atoms with Crippen LogP contribution in [0.2, 0.25) is 0 Å². The molecule has 6 nitrogen and oxygen atoms in total. The van der Waals surface area contributed by atoms with Crippen molar-refractivity contribution in [1.29, 1.82) is 0 Å². The number of fused-ring (bicyclic) bond motifs is 1. The molecule has 124 valence electrons. The second kappa shape index (κ2) is 6.36. The van der Waals surface area contributed by atoms with Gasteiger partial charge in [0.1, 0.15) is 5.82 Å². The molecule has 0 saturated carbocycles. The molecule has 3 N–H and O–H groups in total. The summed E-state index contributed by atoms with van der Waals surface area (Å²) in [6.07, 6.45) is -0.0364. The molecule has 1 atom stereocenters. The van der Waals surface area contributed by atoms with Gasteiger partial charge in [-0.2, -0.15) is 0 Å².